The number of thioether (sulfide) groups is 1. The Morgan fingerprint density at radius 2 is 2.05 bits per heavy atom. The molecule has 0 unspecified atom stereocenters. The second-order valence-corrected chi connectivity index (χ2v) is 7.35. The summed E-state index contributed by atoms with van der Waals surface area (Å²) in [6.07, 6.45) is 2.79. The molecule has 1 N–H and O–H groups in total. The van der Waals surface area contributed by atoms with Gasteiger partial charge in [-0.25, -0.2) is 13.2 Å². The number of aromatic nitrogens is 1. The van der Waals surface area contributed by atoms with Crippen LogP contribution in [0, 0.1) is 0 Å². The van der Waals surface area contributed by atoms with E-state index in [2.05, 4.69) is 5.16 Å². The number of carboxylic acids is 1. The molecule has 9 heteroatoms. The van der Waals surface area contributed by atoms with E-state index in [0.29, 0.717) is 10.5 Å². The predicted molar refractivity (Wildman–Crippen MR) is 78.8 cm³/mol. The third kappa shape index (κ3) is 3.22. The Labute approximate surface area is 130 Å². The second-order valence-electron chi connectivity index (χ2n) is 4.14. The summed E-state index contributed by atoms with van der Waals surface area (Å²) in [5.74, 6) is -1.10. The zero-order chi connectivity index (χ0) is 15.8. The van der Waals surface area contributed by atoms with Crippen LogP contribution in [-0.4, -0.2) is 37.2 Å². The van der Waals surface area contributed by atoms with E-state index in [1.54, 1.807) is 6.26 Å². The van der Waals surface area contributed by atoms with E-state index in [0.717, 1.165) is 6.26 Å². The highest BCUT2D eigenvalue weighted by atomic mass is 35.5. The summed E-state index contributed by atoms with van der Waals surface area (Å²) in [6.45, 7) is 0. The largest absolute Gasteiger partial charge is 0.476 e. The molecule has 0 aliphatic rings. The third-order valence-electron chi connectivity index (χ3n) is 2.63. The fourth-order valence-corrected chi connectivity index (χ4v) is 4.21. The van der Waals surface area contributed by atoms with Crippen LogP contribution in [0.3, 0.4) is 0 Å². The molecule has 6 nitrogen and oxygen atoms in total. The van der Waals surface area contributed by atoms with E-state index >= 15 is 0 Å². The van der Waals surface area contributed by atoms with E-state index in [1.807, 2.05) is 0 Å². The molecule has 0 aliphatic heterocycles. The lowest BCUT2D eigenvalue weighted by Gasteiger charge is -2.09. The number of benzene rings is 1. The van der Waals surface area contributed by atoms with Gasteiger partial charge in [-0.15, -0.1) is 11.8 Å². The molecular formula is C12H10ClNO5S2. The minimum Gasteiger partial charge on any atom is -0.476 e. The van der Waals surface area contributed by atoms with Crippen molar-refractivity contribution in [2.24, 2.45) is 0 Å². The number of carboxylic acid groups (broad SMARTS) is 1. The Bertz CT molecular complexity index is 813. The first kappa shape index (κ1) is 15.9. The number of hydrogen-bond acceptors (Lipinski definition) is 6. The minimum atomic E-state index is -3.49. The van der Waals surface area contributed by atoms with Crippen LogP contribution in [0.15, 0.2) is 32.5 Å². The Kier molecular flexibility index (Phi) is 4.31. The van der Waals surface area contributed by atoms with Gasteiger partial charge in [-0.05, 0) is 18.4 Å². The van der Waals surface area contributed by atoms with Gasteiger partial charge in [0.05, 0.1) is 9.92 Å². The van der Waals surface area contributed by atoms with Crippen molar-refractivity contribution in [3.8, 4) is 11.3 Å². The van der Waals surface area contributed by atoms with Crippen LogP contribution in [0.2, 0.25) is 5.02 Å². The van der Waals surface area contributed by atoms with Crippen molar-refractivity contribution in [1.29, 1.82) is 0 Å². The molecular weight excluding hydrogens is 338 g/mol. The third-order valence-corrected chi connectivity index (χ3v) is 5.14. The van der Waals surface area contributed by atoms with Crippen molar-refractivity contribution < 1.29 is 22.8 Å². The molecule has 21 heavy (non-hydrogen) atoms. The Balaban J connectivity index is 2.65. The number of aromatic carboxylic acids is 1. The predicted octanol–water partition coefficient (Wildman–Crippen LogP) is 2.82. The molecule has 0 radical (unpaired) electrons. The van der Waals surface area contributed by atoms with Gasteiger partial charge < -0.3 is 9.63 Å². The lowest BCUT2D eigenvalue weighted by atomic mass is 10.1. The first-order chi connectivity index (χ1) is 9.74. The molecule has 0 saturated carbocycles. The Hall–Kier alpha value is -1.51. The summed E-state index contributed by atoms with van der Waals surface area (Å²) < 4.78 is 28.6. The van der Waals surface area contributed by atoms with Crippen molar-refractivity contribution in [2.75, 3.05) is 12.5 Å². The number of sulfone groups is 1. The molecule has 0 saturated heterocycles. The topological polar surface area (TPSA) is 97.5 Å². The molecule has 0 atom stereocenters. The molecule has 1 aromatic carbocycles. The van der Waals surface area contributed by atoms with Crippen molar-refractivity contribution in [2.45, 2.75) is 9.79 Å². The van der Waals surface area contributed by atoms with Gasteiger partial charge in [0.15, 0.2) is 21.3 Å². The van der Waals surface area contributed by atoms with Gasteiger partial charge >= 0.3 is 5.97 Å². The number of halogens is 1. The monoisotopic (exact) mass is 347 g/mol. The van der Waals surface area contributed by atoms with E-state index in [4.69, 9.17) is 21.2 Å². The van der Waals surface area contributed by atoms with E-state index in [9.17, 15) is 13.2 Å². The summed E-state index contributed by atoms with van der Waals surface area (Å²) >= 11 is 7.31. The van der Waals surface area contributed by atoms with Crippen molar-refractivity contribution in [3.63, 3.8) is 0 Å². The fraction of sp³-hybridized carbons (Fsp3) is 0.167. The van der Waals surface area contributed by atoms with E-state index in [1.165, 1.54) is 30.0 Å². The summed E-state index contributed by atoms with van der Waals surface area (Å²) in [5, 5.41) is 12.4. The first-order valence-electron chi connectivity index (χ1n) is 5.52. The van der Waals surface area contributed by atoms with Crippen molar-refractivity contribution in [1.82, 2.24) is 5.16 Å². The Morgan fingerprint density at radius 3 is 2.52 bits per heavy atom. The highest BCUT2D eigenvalue weighted by Crippen LogP contribution is 2.36. The quantitative estimate of drug-likeness (QED) is 0.849. The maximum absolute atomic E-state index is 11.8. The van der Waals surface area contributed by atoms with Gasteiger partial charge in [0.2, 0.25) is 0 Å². The van der Waals surface area contributed by atoms with Crippen molar-refractivity contribution >= 4 is 39.2 Å². The standard InChI is InChI=1S/C12H10ClNO5S2/c1-20-11-7(13)3-6(4-10(11)21(2,17)18)9-5-8(12(15)16)14-19-9/h3-5H,1-2H3,(H,15,16). The fourth-order valence-electron chi connectivity index (χ4n) is 1.70. The summed E-state index contributed by atoms with van der Waals surface area (Å²) in [6, 6.07) is 4.10. The van der Waals surface area contributed by atoms with Gasteiger partial charge in [0.1, 0.15) is 0 Å². The van der Waals surface area contributed by atoms with Gasteiger partial charge in [-0.3, -0.25) is 0 Å². The van der Waals surface area contributed by atoms with E-state index in [-0.39, 0.29) is 21.4 Å². The second kappa shape index (κ2) is 5.70. The first-order valence-corrected chi connectivity index (χ1v) is 9.01. The molecule has 2 aromatic rings. The average molecular weight is 348 g/mol. The molecule has 0 fully saturated rings. The molecule has 112 valence electrons. The normalized spacial score (nSPS) is 11.6. The van der Waals surface area contributed by atoms with Crippen LogP contribution < -0.4 is 0 Å². The summed E-state index contributed by atoms with van der Waals surface area (Å²) in [4.78, 5) is 11.3. The zero-order valence-electron chi connectivity index (χ0n) is 11.0. The number of nitrogens with zero attached hydrogens (tertiary/aromatic N) is 1. The highest BCUT2D eigenvalue weighted by Gasteiger charge is 2.20. The number of carbonyl (C=O) groups is 1. The van der Waals surface area contributed by atoms with Crippen LogP contribution >= 0.6 is 23.4 Å². The summed E-state index contributed by atoms with van der Waals surface area (Å²) in [7, 11) is -3.49. The molecule has 0 amide bonds. The van der Waals surface area contributed by atoms with Gasteiger partial charge in [-0.1, -0.05) is 16.8 Å². The van der Waals surface area contributed by atoms with Crippen LogP contribution in [-0.2, 0) is 9.84 Å². The highest BCUT2D eigenvalue weighted by molar-refractivity contribution is 7.99. The van der Waals surface area contributed by atoms with Crippen molar-refractivity contribution in [3.05, 3.63) is 28.9 Å². The van der Waals surface area contributed by atoms with E-state index < -0.39 is 15.8 Å². The Morgan fingerprint density at radius 1 is 1.38 bits per heavy atom. The van der Waals surface area contributed by atoms with Crippen LogP contribution in [0.1, 0.15) is 10.5 Å². The van der Waals surface area contributed by atoms with Gasteiger partial charge in [-0.2, -0.15) is 0 Å². The number of rotatable bonds is 4. The lowest BCUT2D eigenvalue weighted by Crippen LogP contribution is -2.00. The molecule has 0 spiro atoms. The van der Waals surface area contributed by atoms with Crippen LogP contribution in [0.5, 0.6) is 0 Å². The van der Waals surface area contributed by atoms with Gasteiger partial charge in [0.25, 0.3) is 0 Å². The SMILES string of the molecule is CSc1c(Cl)cc(-c2cc(C(=O)O)no2)cc1S(C)(=O)=O. The van der Waals surface area contributed by atoms with Crippen LogP contribution in [0.4, 0.5) is 0 Å². The average Bonchev–Trinajstić information content (AvgIpc) is 2.86. The lowest BCUT2D eigenvalue weighted by molar-refractivity contribution is 0.0686. The van der Waals surface area contributed by atoms with Gasteiger partial charge in [0, 0.05) is 22.8 Å². The molecule has 2 rings (SSSR count). The summed E-state index contributed by atoms with van der Waals surface area (Å²) in [5.41, 5.74) is 0.0780. The number of hydrogen-bond donors (Lipinski definition) is 1. The molecule has 0 aliphatic carbocycles. The van der Waals surface area contributed by atoms with Crippen LogP contribution in [0.25, 0.3) is 11.3 Å². The zero-order valence-corrected chi connectivity index (χ0v) is 13.3. The smallest absolute Gasteiger partial charge is 0.358 e. The maximum atomic E-state index is 11.8. The molecule has 0 bridgehead atoms. The minimum absolute atomic E-state index is 0.0609. The molecule has 1 aromatic heterocycles. The maximum Gasteiger partial charge on any atom is 0.358 e. The molecule has 1 heterocycles.